The third kappa shape index (κ3) is 6.77. The van der Waals surface area contributed by atoms with Crippen molar-refractivity contribution in [2.45, 2.75) is 71.1 Å². The first-order chi connectivity index (χ1) is 12.2. The van der Waals surface area contributed by atoms with Gasteiger partial charge in [-0.15, -0.1) is 0 Å². The molecule has 2 aromatic rings. The molecule has 5 nitrogen and oxygen atoms in total. The van der Waals surface area contributed by atoms with E-state index >= 15 is 0 Å². The van der Waals surface area contributed by atoms with Crippen LogP contribution in [0.2, 0.25) is 0 Å². The molecule has 1 aromatic carbocycles. The largest absolute Gasteiger partial charge is 0.417 e. The number of aromatic nitrogens is 1. The molecular weight excluding hydrogens is 316 g/mol. The molecule has 0 spiro atoms. The number of benzene rings is 1. The lowest BCUT2D eigenvalue weighted by atomic mass is 10.1. The lowest BCUT2D eigenvalue weighted by molar-refractivity contribution is 0.0953. The Morgan fingerprint density at radius 2 is 1.64 bits per heavy atom. The van der Waals surface area contributed by atoms with Gasteiger partial charge in [-0.1, -0.05) is 64.7 Å². The van der Waals surface area contributed by atoms with Crippen LogP contribution in [-0.2, 0) is 0 Å². The monoisotopic (exact) mass is 346 g/mol. The van der Waals surface area contributed by atoms with Crippen LogP contribution in [-0.4, -0.2) is 17.4 Å². The third-order valence-corrected chi connectivity index (χ3v) is 4.50. The predicted molar refractivity (Wildman–Crippen MR) is 101 cm³/mol. The van der Waals surface area contributed by atoms with E-state index in [0.29, 0.717) is 23.2 Å². The Labute approximate surface area is 149 Å². The van der Waals surface area contributed by atoms with Gasteiger partial charge in [-0.3, -0.25) is 9.78 Å². The number of carbonyl (C=O) groups is 1. The topological polar surface area (TPSA) is 75.1 Å². The van der Waals surface area contributed by atoms with Crippen molar-refractivity contribution in [1.82, 2.24) is 10.3 Å². The van der Waals surface area contributed by atoms with Crippen molar-refractivity contribution in [3.8, 4) is 0 Å². The van der Waals surface area contributed by atoms with Gasteiger partial charge in [0.25, 0.3) is 5.91 Å². The minimum absolute atomic E-state index is 0.111. The number of unbranched alkanes of at least 4 members (excludes halogenated alkanes) is 9. The molecule has 0 aliphatic heterocycles. The van der Waals surface area contributed by atoms with Gasteiger partial charge >= 0.3 is 5.76 Å². The van der Waals surface area contributed by atoms with Crippen molar-refractivity contribution in [3.63, 3.8) is 0 Å². The Hall–Kier alpha value is -2.04. The minimum Gasteiger partial charge on any atom is -0.408 e. The summed E-state index contributed by atoms with van der Waals surface area (Å²) in [5.74, 6) is -0.613. The summed E-state index contributed by atoms with van der Waals surface area (Å²) in [6, 6.07) is 4.96. The summed E-state index contributed by atoms with van der Waals surface area (Å²) in [6.45, 7) is 2.94. The Morgan fingerprint density at radius 3 is 2.32 bits per heavy atom. The third-order valence-electron chi connectivity index (χ3n) is 4.50. The molecule has 138 valence electrons. The molecule has 0 aliphatic rings. The molecule has 25 heavy (non-hydrogen) atoms. The van der Waals surface area contributed by atoms with Gasteiger partial charge in [-0.05, 0) is 24.6 Å². The number of hydrogen-bond donors (Lipinski definition) is 2. The summed E-state index contributed by atoms with van der Waals surface area (Å²) < 4.78 is 4.93. The Morgan fingerprint density at radius 1 is 1.00 bits per heavy atom. The van der Waals surface area contributed by atoms with Crippen molar-refractivity contribution in [1.29, 1.82) is 0 Å². The molecule has 1 aromatic heterocycles. The van der Waals surface area contributed by atoms with Crippen molar-refractivity contribution < 1.29 is 9.21 Å². The fraction of sp³-hybridized carbons (Fsp3) is 0.600. The number of hydrogen-bond acceptors (Lipinski definition) is 3. The molecule has 1 heterocycles. The maximum Gasteiger partial charge on any atom is 0.417 e. The number of H-pyrrole nitrogens is 1. The van der Waals surface area contributed by atoms with Gasteiger partial charge in [0, 0.05) is 12.1 Å². The molecule has 0 atom stereocenters. The van der Waals surface area contributed by atoms with E-state index in [1.165, 1.54) is 51.4 Å². The van der Waals surface area contributed by atoms with Gasteiger partial charge < -0.3 is 9.73 Å². The van der Waals surface area contributed by atoms with Crippen LogP contribution in [0.5, 0.6) is 0 Å². The zero-order chi connectivity index (χ0) is 17.9. The zero-order valence-electron chi connectivity index (χ0n) is 15.2. The number of nitrogens with one attached hydrogen (secondary N) is 2. The Bertz CT molecular complexity index is 702. The first-order valence-corrected chi connectivity index (χ1v) is 9.62. The second kappa shape index (κ2) is 10.7. The summed E-state index contributed by atoms with van der Waals surface area (Å²) in [4.78, 5) is 25.8. The van der Waals surface area contributed by atoms with E-state index in [1.807, 2.05) is 0 Å². The lowest BCUT2D eigenvalue weighted by Crippen LogP contribution is -2.24. The first-order valence-electron chi connectivity index (χ1n) is 9.62. The summed E-state index contributed by atoms with van der Waals surface area (Å²) in [7, 11) is 0. The van der Waals surface area contributed by atoms with E-state index in [1.54, 1.807) is 18.2 Å². The Balaban J connectivity index is 1.55. The fourth-order valence-electron chi connectivity index (χ4n) is 3.01. The second-order valence-corrected chi connectivity index (χ2v) is 6.66. The van der Waals surface area contributed by atoms with Crippen molar-refractivity contribution >= 4 is 17.0 Å². The van der Waals surface area contributed by atoms with Gasteiger partial charge in [0.15, 0.2) is 5.58 Å². The quantitative estimate of drug-likeness (QED) is 0.543. The van der Waals surface area contributed by atoms with Crippen molar-refractivity contribution in [3.05, 3.63) is 34.3 Å². The van der Waals surface area contributed by atoms with E-state index in [0.717, 1.165) is 12.8 Å². The van der Waals surface area contributed by atoms with E-state index in [9.17, 15) is 9.59 Å². The van der Waals surface area contributed by atoms with Gasteiger partial charge in [-0.25, -0.2) is 4.79 Å². The van der Waals surface area contributed by atoms with Crippen LogP contribution < -0.4 is 11.1 Å². The molecule has 0 fully saturated rings. The highest BCUT2D eigenvalue weighted by Crippen LogP contribution is 2.12. The molecule has 0 radical (unpaired) electrons. The van der Waals surface area contributed by atoms with Gasteiger partial charge in [0.1, 0.15) is 0 Å². The van der Waals surface area contributed by atoms with E-state index in [4.69, 9.17) is 4.42 Å². The van der Waals surface area contributed by atoms with Crippen LogP contribution in [0, 0.1) is 0 Å². The molecule has 0 saturated carbocycles. The highest BCUT2D eigenvalue weighted by atomic mass is 16.4. The molecule has 2 rings (SSSR count). The average molecular weight is 346 g/mol. The van der Waals surface area contributed by atoms with E-state index in [-0.39, 0.29) is 5.91 Å². The highest BCUT2D eigenvalue weighted by molar-refractivity contribution is 5.96. The average Bonchev–Trinajstić information content (AvgIpc) is 2.98. The summed E-state index contributed by atoms with van der Waals surface area (Å²) >= 11 is 0. The highest BCUT2D eigenvalue weighted by Gasteiger charge is 2.08. The normalized spacial score (nSPS) is 11.1. The zero-order valence-corrected chi connectivity index (χ0v) is 15.2. The van der Waals surface area contributed by atoms with Crippen molar-refractivity contribution in [2.75, 3.05) is 6.54 Å². The van der Waals surface area contributed by atoms with Crippen LogP contribution in [0.3, 0.4) is 0 Å². The maximum atomic E-state index is 12.1. The molecular formula is C20H30N2O3. The maximum absolute atomic E-state index is 12.1. The van der Waals surface area contributed by atoms with Crippen LogP contribution in [0.1, 0.15) is 81.5 Å². The lowest BCUT2D eigenvalue weighted by Gasteiger charge is -2.05. The Kier molecular flexibility index (Phi) is 8.29. The standard InChI is InChI=1S/C20H30N2O3/c1-2-3-4-5-6-7-8-9-10-11-14-21-19(23)16-12-13-18-17(15-16)22-20(24)25-18/h12-13,15H,2-11,14H2,1H3,(H,21,23)(H,22,24). The molecule has 5 heteroatoms. The number of amides is 1. The predicted octanol–water partition coefficient (Wildman–Crippen LogP) is 4.77. The fourth-order valence-corrected chi connectivity index (χ4v) is 3.01. The molecule has 0 aliphatic carbocycles. The van der Waals surface area contributed by atoms with E-state index < -0.39 is 5.76 Å². The van der Waals surface area contributed by atoms with Crippen LogP contribution in [0.15, 0.2) is 27.4 Å². The van der Waals surface area contributed by atoms with Crippen molar-refractivity contribution in [2.24, 2.45) is 0 Å². The molecule has 0 bridgehead atoms. The summed E-state index contributed by atoms with van der Waals surface area (Å²) in [6.07, 6.45) is 12.8. The van der Waals surface area contributed by atoms with Crippen LogP contribution >= 0.6 is 0 Å². The number of oxazole rings is 1. The van der Waals surface area contributed by atoms with Crippen LogP contribution in [0.25, 0.3) is 11.1 Å². The number of carbonyl (C=O) groups excluding carboxylic acids is 1. The van der Waals surface area contributed by atoms with Gasteiger partial charge in [0.05, 0.1) is 5.52 Å². The van der Waals surface area contributed by atoms with Crippen LogP contribution in [0.4, 0.5) is 0 Å². The smallest absolute Gasteiger partial charge is 0.408 e. The molecule has 1 amide bonds. The number of rotatable bonds is 12. The SMILES string of the molecule is CCCCCCCCCCCCNC(=O)c1ccc2oc(=O)[nH]c2c1. The first kappa shape index (κ1) is 19.3. The second-order valence-electron chi connectivity index (χ2n) is 6.66. The number of aromatic amines is 1. The van der Waals surface area contributed by atoms with Gasteiger partial charge in [0.2, 0.25) is 0 Å². The van der Waals surface area contributed by atoms with E-state index in [2.05, 4.69) is 17.2 Å². The summed E-state index contributed by atoms with van der Waals surface area (Å²) in [5, 5.41) is 2.93. The van der Waals surface area contributed by atoms with Gasteiger partial charge in [-0.2, -0.15) is 0 Å². The summed E-state index contributed by atoms with van der Waals surface area (Å²) in [5.41, 5.74) is 1.56. The minimum atomic E-state index is -0.502. The number of fused-ring (bicyclic) bond motifs is 1. The molecule has 0 unspecified atom stereocenters. The molecule has 2 N–H and O–H groups in total. The molecule has 0 saturated heterocycles.